The summed E-state index contributed by atoms with van der Waals surface area (Å²) in [5.41, 5.74) is 2.47. The Morgan fingerprint density at radius 2 is 2.50 bits per heavy atom. The van der Waals surface area contributed by atoms with Crippen molar-refractivity contribution in [2.24, 2.45) is 0 Å². The van der Waals surface area contributed by atoms with E-state index in [1.54, 1.807) is 0 Å². The number of rotatable bonds is 4. The Kier molecular flexibility index (Phi) is 3.22. The van der Waals surface area contributed by atoms with Gasteiger partial charge in [-0.2, -0.15) is 0 Å². The first kappa shape index (κ1) is 9.74. The van der Waals surface area contributed by atoms with Crippen LogP contribution < -0.4 is 5.32 Å². The van der Waals surface area contributed by atoms with Gasteiger partial charge in [0.1, 0.15) is 0 Å². The SMILES string of the molecule is Cc1ccc(CNC[C@H]2CCCO2)[nH]1. The van der Waals surface area contributed by atoms with Gasteiger partial charge >= 0.3 is 0 Å². The van der Waals surface area contributed by atoms with Gasteiger partial charge in [0.2, 0.25) is 0 Å². The zero-order valence-corrected chi connectivity index (χ0v) is 8.68. The van der Waals surface area contributed by atoms with Crippen molar-refractivity contribution in [2.75, 3.05) is 13.2 Å². The van der Waals surface area contributed by atoms with Crippen LogP contribution in [0.25, 0.3) is 0 Å². The van der Waals surface area contributed by atoms with Crippen molar-refractivity contribution in [2.45, 2.75) is 32.4 Å². The van der Waals surface area contributed by atoms with Crippen LogP contribution in [0.4, 0.5) is 0 Å². The molecule has 14 heavy (non-hydrogen) atoms. The third-order valence-corrected chi connectivity index (χ3v) is 2.60. The van der Waals surface area contributed by atoms with Gasteiger partial charge in [-0.05, 0) is 31.9 Å². The van der Waals surface area contributed by atoms with E-state index in [0.29, 0.717) is 6.10 Å². The number of nitrogens with one attached hydrogen (secondary N) is 2. The maximum absolute atomic E-state index is 5.52. The molecule has 0 bridgehead atoms. The van der Waals surface area contributed by atoms with Crippen molar-refractivity contribution >= 4 is 0 Å². The summed E-state index contributed by atoms with van der Waals surface area (Å²) < 4.78 is 5.52. The number of hydrogen-bond acceptors (Lipinski definition) is 2. The summed E-state index contributed by atoms with van der Waals surface area (Å²) in [6.07, 6.45) is 2.86. The van der Waals surface area contributed by atoms with E-state index in [2.05, 4.69) is 29.4 Å². The molecule has 1 aliphatic heterocycles. The summed E-state index contributed by atoms with van der Waals surface area (Å²) in [6.45, 7) is 4.89. The summed E-state index contributed by atoms with van der Waals surface area (Å²) in [4.78, 5) is 3.30. The Bertz CT molecular complexity index is 277. The van der Waals surface area contributed by atoms with Crippen LogP contribution in [0.15, 0.2) is 12.1 Å². The molecule has 0 amide bonds. The smallest absolute Gasteiger partial charge is 0.0700 e. The lowest BCUT2D eigenvalue weighted by molar-refractivity contribution is 0.110. The van der Waals surface area contributed by atoms with Crippen LogP contribution >= 0.6 is 0 Å². The lowest BCUT2D eigenvalue weighted by Crippen LogP contribution is -2.25. The quantitative estimate of drug-likeness (QED) is 0.763. The highest BCUT2D eigenvalue weighted by atomic mass is 16.5. The molecule has 3 nitrogen and oxygen atoms in total. The van der Waals surface area contributed by atoms with E-state index in [9.17, 15) is 0 Å². The minimum atomic E-state index is 0.436. The fraction of sp³-hybridized carbons (Fsp3) is 0.636. The minimum absolute atomic E-state index is 0.436. The molecule has 0 aromatic carbocycles. The molecule has 1 aromatic heterocycles. The van der Waals surface area contributed by atoms with Crippen LogP contribution in [0.1, 0.15) is 24.2 Å². The summed E-state index contributed by atoms with van der Waals surface area (Å²) in [5, 5.41) is 3.40. The standard InChI is InChI=1S/C11H18N2O/c1-9-4-5-10(13-9)7-12-8-11-3-2-6-14-11/h4-5,11-13H,2-3,6-8H2,1H3/t11-/m1/s1. The first-order chi connectivity index (χ1) is 6.84. The Morgan fingerprint density at radius 1 is 1.57 bits per heavy atom. The molecule has 1 atom stereocenters. The Balaban J connectivity index is 1.67. The van der Waals surface area contributed by atoms with Crippen LogP contribution in [0, 0.1) is 6.92 Å². The maximum Gasteiger partial charge on any atom is 0.0700 e. The summed E-state index contributed by atoms with van der Waals surface area (Å²) in [5.74, 6) is 0. The van der Waals surface area contributed by atoms with Crippen molar-refractivity contribution in [3.63, 3.8) is 0 Å². The molecule has 0 aliphatic carbocycles. The molecule has 0 spiro atoms. The van der Waals surface area contributed by atoms with Gasteiger partial charge in [0, 0.05) is 31.1 Å². The first-order valence-corrected chi connectivity index (χ1v) is 5.31. The lowest BCUT2D eigenvalue weighted by Gasteiger charge is -2.09. The molecule has 1 aromatic rings. The zero-order chi connectivity index (χ0) is 9.80. The van der Waals surface area contributed by atoms with E-state index in [4.69, 9.17) is 4.74 Å². The third kappa shape index (κ3) is 2.59. The van der Waals surface area contributed by atoms with E-state index in [-0.39, 0.29) is 0 Å². The van der Waals surface area contributed by atoms with Crippen LogP contribution in [-0.2, 0) is 11.3 Å². The van der Waals surface area contributed by atoms with Gasteiger partial charge in [-0.3, -0.25) is 0 Å². The summed E-state index contributed by atoms with van der Waals surface area (Å²) in [6, 6.07) is 4.22. The number of H-pyrrole nitrogens is 1. The molecule has 3 heteroatoms. The molecule has 2 N–H and O–H groups in total. The molecule has 78 valence electrons. The number of hydrogen-bond donors (Lipinski definition) is 2. The van der Waals surface area contributed by atoms with Gasteiger partial charge in [-0.15, -0.1) is 0 Å². The molecular weight excluding hydrogens is 176 g/mol. The average molecular weight is 194 g/mol. The Hall–Kier alpha value is -0.800. The first-order valence-electron chi connectivity index (χ1n) is 5.31. The molecule has 1 fully saturated rings. The average Bonchev–Trinajstić information content (AvgIpc) is 2.77. The molecule has 0 radical (unpaired) electrons. The predicted molar refractivity (Wildman–Crippen MR) is 56.2 cm³/mol. The topological polar surface area (TPSA) is 37.0 Å². The van der Waals surface area contributed by atoms with E-state index in [0.717, 1.165) is 19.7 Å². The van der Waals surface area contributed by atoms with Crippen LogP contribution in [0.3, 0.4) is 0 Å². The van der Waals surface area contributed by atoms with Gasteiger partial charge in [-0.25, -0.2) is 0 Å². The van der Waals surface area contributed by atoms with E-state index >= 15 is 0 Å². The largest absolute Gasteiger partial charge is 0.377 e. The fourth-order valence-electron chi connectivity index (χ4n) is 1.84. The van der Waals surface area contributed by atoms with Gasteiger partial charge in [0.25, 0.3) is 0 Å². The number of aromatic nitrogens is 1. The Labute approximate surface area is 84.9 Å². The lowest BCUT2D eigenvalue weighted by atomic mass is 10.2. The number of aromatic amines is 1. The van der Waals surface area contributed by atoms with Gasteiger partial charge in [-0.1, -0.05) is 0 Å². The van der Waals surface area contributed by atoms with Crippen LogP contribution in [0.5, 0.6) is 0 Å². The van der Waals surface area contributed by atoms with Gasteiger partial charge in [0.05, 0.1) is 6.10 Å². The number of ether oxygens (including phenoxy) is 1. The monoisotopic (exact) mass is 194 g/mol. The van der Waals surface area contributed by atoms with E-state index in [1.807, 2.05) is 0 Å². The molecule has 2 heterocycles. The minimum Gasteiger partial charge on any atom is -0.377 e. The highest BCUT2D eigenvalue weighted by molar-refractivity contribution is 5.11. The molecule has 0 saturated carbocycles. The molecule has 1 saturated heterocycles. The molecule has 0 unspecified atom stereocenters. The zero-order valence-electron chi connectivity index (χ0n) is 8.68. The van der Waals surface area contributed by atoms with Crippen molar-refractivity contribution in [3.05, 3.63) is 23.5 Å². The Morgan fingerprint density at radius 3 is 3.14 bits per heavy atom. The van der Waals surface area contributed by atoms with Crippen LogP contribution in [-0.4, -0.2) is 24.2 Å². The van der Waals surface area contributed by atoms with Gasteiger partial charge in [0.15, 0.2) is 0 Å². The van der Waals surface area contributed by atoms with Crippen molar-refractivity contribution < 1.29 is 4.74 Å². The summed E-state index contributed by atoms with van der Waals surface area (Å²) >= 11 is 0. The second-order valence-electron chi connectivity index (χ2n) is 3.93. The molecular formula is C11H18N2O. The molecule has 1 aliphatic rings. The van der Waals surface area contributed by atoms with E-state index < -0.39 is 0 Å². The van der Waals surface area contributed by atoms with Crippen molar-refractivity contribution in [1.82, 2.24) is 10.3 Å². The van der Waals surface area contributed by atoms with Crippen molar-refractivity contribution in [1.29, 1.82) is 0 Å². The van der Waals surface area contributed by atoms with E-state index in [1.165, 1.54) is 24.2 Å². The second-order valence-corrected chi connectivity index (χ2v) is 3.93. The number of aryl methyl sites for hydroxylation is 1. The predicted octanol–water partition coefficient (Wildman–Crippen LogP) is 1.59. The van der Waals surface area contributed by atoms with Crippen LogP contribution in [0.2, 0.25) is 0 Å². The highest BCUT2D eigenvalue weighted by Crippen LogP contribution is 2.10. The van der Waals surface area contributed by atoms with Crippen molar-refractivity contribution in [3.8, 4) is 0 Å². The van der Waals surface area contributed by atoms with Gasteiger partial charge < -0.3 is 15.0 Å². The third-order valence-electron chi connectivity index (χ3n) is 2.60. The highest BCUT2D eigenvalue weighted by Gasteiger charge is 2.14. The summed E-state index contributed by atoms with van der Waals surface area (Å²) in [7, 11) is 0. The normalized spacial score (nSPS) is 21.6. The maximum atomic E-state index is 5.52. The fourth-order valence-corrected chi connectivity index (χ4v) is 1.84. The second kappa shape index (κ2) is 4.62. The molecule has 2 rings (SSSR count).